The Kier molecular flexibility index (Phi) is 19.2. The number of aryl methyl sites for hydroxylation is 2. The van der Waals surface area contributed by atoms with Crippen molar-refractivity contribution in [2.24, 2.45) is 0 Å². The monoisotopic (exact) mass is 433 g/mol. The van der Waals surface area contributed by atoms with Crippen LogP contribution in [0, 0.1) is 0 Å². The number of imidazole rings is 1. The number of hydrogen-bond acceptors (Lipinski definition) is 0. The summed E-state index contributed by atoms with van der Waals surface area (Å²) in [6.45, 7) is 9.36. The predicted octanol–water partition coefficient (Wildman–Crippen LogP) is 9.18. The second-order valence-corrected chi connectivity index (χ2v) is 9.86. The zero-order chi connectivity index (χ0) is 22.4. The van der Waals surface area contributed by atoms with Crippen LogP contribution >= 0.6 is 0 Å². The van der Waals surface area contributed by atoms with E-state index in [0.29, 0.717) is 0 Å². The molecule has 0 saturated carbocycles. The van der Waals surface area contributed by atoms with Crippen molar-refractivity contribution >= 4 is 0 Å². The lowest BCUT2D eigenvalue weighted by molar-refractivity contribution is -0.704. The van der Waals surface area contributed by atoms with Crippen molar-refractivity contribution in [1.29, 1.82) is 0 Å². The Morgan fingerprint density at radius 2 is 1.00 bits per heavy atom. The molecule has 0 radical (unpaired) electrons. The Balaban J connectivity index is 2.35. The molecule has 0 amide bonds. The molecule has 0 fully saturated rings. The van der Waals surface area contributed by atoms with Gasteiger partial charge in [-0.3, -0.25) is 0 Å². The number of unbranched alkanes of at least 4 members (excludes halogenated alkanes) is 17. The fourth-order valence-corrected chi connectivity index (χ4v) is 4.73. The zero-order valence-corrected chi connectivity index (χ0v) is 21.8. The third-order valence-electron chi connectivity index (χ3n) is 6.85. The predicted molar refractivity (Wildman–Crippen MR) is 138 cm³/mol. The molecule has 0 bridgehead atoms. The smallest absolute Gasteiger partial charge is 0.234 e. The van der Waals surface area contributed by atoms with Gasteiger partial charge in [0.05, 0.1) is 13.1 Å². The fourth-order valence-electron chi connectivity index (χ4n) is 4.73. The number of rotatable bonds is 23. The minimum absolute atomic E-state index is 1.22. The topological polar surface area (TPSA) is 8.81 Å². The number of nitrogens with zero attached hydrogens (tertiary/aromatic N) is 2. The van der Waals surface area contributed by atoms with E-state index in [1.807, 2.05) is 0 Å². The molecule has 0 aliphatic heterocycles. The Hall–Kier alpha value is -0.790. The Morgan fingerprint density at radius 3 is 1.55 bits per heavy atom. The van der Waals surface area contributed by atoms with Crippen molar-refractivity contribution in [2.75, 3.05) is 0 Å². The Bertz CT molecular complexity index is 459. The molecule has 0 aliphatic rings. The van der Waals surface area contributed by atoms with Gasteiger partial charge in [-0.2, -0.15) is 0 Å². The van der Waals surface area contributed by atoms with Crippen molar-refractivity contribution in [2.45, 2.75) is 169 Å². The first-order chi connectivity index (χ1) is 15.3. The molecule has 0 aromatic carbocycles. The lowest BCUT2D eigenvalue weighted by Gasteiger charge is -2.07. The summed E-state index contributed by atoms with van der Waals surface area (Å²) in [7, 11) is 0. The summed E-state index contributed by atoms with van der Waals surface area (Å²) in [6.07, 6.45) is 34.0. The lowest BCUT2D eigenvalue weighted by atomic mass is 10.1. The van der Waals surface area contributed by atoms with Gasteiger partial charge in [-0.1, -0.05) is 117 Å². The molecule has 0 spiro atoms. The van der Waals surface area contributed by atoms with Gasteiger partial charge >= 0.3 is 0 Å². The molecule has 0 saturated heterocycles. The van der Waals surface area contributed by atoms with Crippen LogP contribution in [0.2, 0.25) is 0 Å². The zero-order valence-electron chi connectivity index (χ0n) is 21.8. The first-order valence-electron chi connectivity index (χ1n) is 14.4. The van der Waals surface area contributed by atoms with Crippen LogP contribution in [0.5, 0.6) is 0 Å². The van der Waals surface area contributed by atoms with Crippen LogP contribution in [-0.2, 0) is 19.5 Å². The van der Waals surface area contributed by atoms with Gasteiger partial charge in [-0.25, -0.2) is 9.13 Å². The normalized spacial score (nSPS) is 11.5. The second kappa shape index (κ2) is 21.1. The fraction of sp³-hybridized carbons (Fsp3) is 0.897. The van der Waals surface area contributed by atoms with E-state index < -0.39 is 0 Å². The van der Waals surface area contributed by atoms with Gasteiger partial charge in [0.25, 0.3) is 5.82 Å². The van der Waals surface area contributed by atoms with Crippen LogP contribution in [0.4, 0.5) is 0 Å². The average molecular weight is 434 g/mol. The highest BCUT2D eigenvalue weighted by molar-refractivity contribution is 4.84. The summed E-state index contributed by atoms with van der Waals surface area (Å²) in [4.78, 5) is 0. The molecule has 2 heteroatoms. The number of hydrogen-bond donors (Lipinski definition) is 0. The molecule has 1 rings (SSSR count). The van der Waals surface area contributed by atoms with Crippen molar-refractivity contribution < 1.29 is 4.57 Å². The van der Waals surface area contributed by atoms with E-state index in [2.05, 4.69) is 42.3 Å². The minimum atomic E-state index is 1.22. The van der Waals surface area contributed by atoms with Gasteiger partial charge < -0.3 is 0 Å². The standard InChI is InChI=1S/C29H57N2/c1-4-7-10-13-14-15-16-17-18-21-24-29-30(25-22-19-11-8-5-2)27-28-31(29)26-23-20-12-9-6-3/h27-28H,4-26H2,1-3H3/q+1. The summed E-state index contributed by atoms with van der Waals surface area (Å²) >= 11 is 0. The summed E-state index contributed by atoms with van der Waals surface area (Å²) in [5.41, 5.74) is 0. The highest BCUT2D eigenvalue weighted by atomic mass is 15.1. The first kappa shape index (κ1) is 28.2. The molecule has 0 unspecified atom stereocenters. The number of aromatic nitrogens is 2. The van der Waals surface area contributed by atoms with Crippen LogP contribution in [0.1, 0.15) is 155 Å². The molecule has 1 aromatic rings. The van der Waals surface area contributed by atoms with E-state index in [1.165, 1.54) is 148 Å². The lowest BCUT2D eigenvalue weighted by Crippen LogP contribution is -2.37. The maximum atomic E-state index is 2.59. The molecule has 0 aliphatic carbocycles. The van der Waals surface area contributed by atoms with E-state index >= 15 is 0 Å². The SMILES string of the molecule is CCCCCCCCCCCCc1n(CCCCCCC)cc[n+]1CCCCCCC. The molecular formula is C29H57N2+. The van der Waals surface area contributed by atoms with Crippen molar-refractivity contribution in [3.8, 4) is 0 Å². The van der Waals surface area contributed by atoms with E-state index in [1.54, 1.807) is 5.82 Å². The maximum absolute atomic E-state index is 2.59. The molecule has 0 atom stereocenters. The van der Waals surface area contributed by atoms with E-state index in [9.17, 15) is 0 Å². The van der Waals surface area contributed by atoms with Gasteiger partial charge in [-0.05, 0) is 32.1 Å². The Labute approximate surface area is 196 Å². The van der Waals surface area contributed by atoms with Crippen LogP contribution in [-0.4, -0.2) is 4.57 Å². The molecular weight excluding hydrogens is 376 g/mol. The quantitative estimate of drug-likeness (QED) is 0.120. The maximum Gasteiger partial charge on any atom is 0.256 e. The van der Waals surface area contributed by atoms with Gasteiger partial charge in [0, 0.05) is 6.42 Å². The van der Waals surface area contributed by atoms with E-state index in [0.717, 1.165) is 0 Å². The van der Waals surface area contributed by atoms with Gasteiger partial charge in [0.1, 0.15) is 12.4 Å². The Morgan fingerprint density at radius 1 is 0.548 bits per heavy atom. The summed E-state index contributed by atoms with van der Waals surface area (Å²) in [5, 5.41) is 0. The van der Waals surface area contributed by atoms with Gasteiger partial charge in [0.15, 0.2) is 0 Å². The molecule has 0 N–H and O–H groups in total. The van der Waals surface area contributed by atoms with Crippen molar-refractivity contribution in [3.05, 3.63) is 18.2 Å². The second-order valence-electron chi connectivity index (χ2n) is 9.86. The average Bonchev–Trinajstić information content (AvgIpc) is 3.16. The van der Waals surface area contributed by atoms with Crippen LogP contribution in [0.3, 0.4) is 0 Å². The van der Waals surface area contributed by atoms with E-state index in [-0.39, 0.29) is 0 Å². The molecule has 1 aromatic heterocycles. The molecule has 31 heavy (non-hydrogen) atoms. The largest absolute Gasteiger partial charge is 0.256 e. The third kappa shape index (κ3) is 14.8. The van der Waals surface area contributed by atoms with Crippen LogP contribution in [0.15, 0.2) is 12.4 Å². The minimum Gasteiger partial charge on any atom is -0.234 e. The highest BCUT2D eigenvalue weighted by Crippen LogP contribution is 2.13. The first-order valence-corrected chi connectivity index (χ1v) is 14.4. The van der Waals surface area contributed by atoms with E-state index in [4.69, 9.17) is 0 Å². The van der Waals surface area contributed by atoms with Crippen LogP contribution < -0.4 is 4.57 Å². The third-order valence-corrected chi connectivity index (χ3v) is 6.85. The van der Waals surface area contributed by atoms with Crippen molar-refractivity contribution in [3.63, 3.8) is 0 Å². The van der Waals surface area contributed by atoms with Gasteiger partial charge in [-0.15, -0.1) is 0 Å². The summed E-state index contributed by atoms with van der Waals surface area (Å²) < 4.78 is 5.18. The summed E-state index contributed by atoms with van der Waals surface area (Å²) in [6, 6.07) is 0. The van der Waals surface area contributed by atoms with Crippen molar-refractivity contribution in [1.82, 2.24) is 4.57 Å². The molecule has 2 nitrogen and oxygen atoms in total. The molecule has 1 heterocycles. The molecule has 182 valence electrons. The van der Waals surface area contributed by atoms with Gasteiger partial charge in [0.2, 0.25) is 0 Å². The van der Waals surface area contributed by atoms with Crippen LogP contribution in [0.25, 0.3) is 0 Å². The summed E-state index contributed by atoms with van der Waals surface area (Å²) in [5.74, 6) is 1.60. The highest BCUT2D eigenvalue weighted by Gasteiger charge is 2.16.